The molecule has 2 aromatic rings. The first-order valence-electron chi connectivity index (χ1n) is 8.23. The van der Waals surface area contributed by atoms with Crippen molar-refractivity contribution in [3.05, 3.63) is 53.7 Å². The molecule has 0 amide bonds. The smallest absolute Gasteiger partial charge is 0.870 e. The average molecular weight is 484 g/mol. The summed E-state index contributed by atoms with van der Waals surface area (Å²) in [6.45, 7) is 4.93. The van der Waals surface area contributed by atoms with E-state index in [1.807, 2.05) is 6.92 Å². The topological polar surface area (TPSA) is 185 Å². The quantitative estimate of drug-likeness (QED) is 0.204. The van der Waals surface area contributed by atoms with Crippen LogP contribution in [-0.4, -0.2) is 36.7 Å². The molecule has 14 heteroatoms. The summed E-state index contributed by atoms with van der Waals surface area (Å²) in [6.07, 6.45) is 0. The second-order valence-electron chi connectivity index (χ2n) is 4.51. The number of nitrogens with zero attached hydrogens (tertiary/aromatic N) is 4. The van der Waals surface area contributed by atoms with Crippen LogP contribution in [0.1, 0.15) is 21.3 Å². The Morgan fingerprint density at radius 2 is 1.21 bits per heavy atom. The second kappa shape index (κ2) is 30.1. The first-order valence-corrected chi connectivity index (χ1v) is 8.23. The van der Waals surface area contributed by atoms with E-state index in [0.29, 0.717) is 42.4 Å². The minimum atomic E-state index is 0. The van der Waals surface area contributed by atoms with E-state index in [1.54, 1.807) is 31.2 Å². The molecule has 0 aliphatic heterocycles. The Balaban J connectivity index is -0.000000128. The Hall–Kier alpha value is -1.90. The van der Waals surface area contributed by atoms with Crippen molar-refractivity contribution in [3.63, 3.8) is 0 Å². The molecule has 0 aliphatic carbocycles. The van der Waals surface area contributed by atoms with Crippen molar-refractivity contribution >= 4 is 24.3 Å². The van der Waals surface area contributed by atoms with Crippen LogP contribution in [-0.2, 0) is 14.4 Å². The predicted molar refractivity (Wildman–Crippen MR) is 112 cm³/mol. The van der Waals surface area contributed by atoms with E-state index < -0.39 is 0 Å². The minimum absolute atomic E-state index is 0. The van der Waals surface area contributed by atoms with Gasteiger partial charge in [-0.15, -0.1) is 5.11 Å². The number of rotatable bonds is 8. The van der Waals surface area contributed by atoms with Gasteiger partial charge in [0, 0.05) is 11.9 Å². The number of aliphatic hydroxyl groups excluding tert-OH is 1. The SMILES string of the molecule is C.CCO.CCON=Nc1ccc(OC=O)cc1.O=COc1ccc(N=N[O-])cc1.[Na+].[Na+].[OH-]. The molecule has 0 heterocycles. The third-order valence-corrected chi connectivity index (χ3v) is 2.54. The van der Waals surface area contributed by atoms with Crippen molar-refractivity contribution in [1.29, 1.82) is 0 Å². The summed E-state index contributed by atoms with van der Waals surface area (Å²) in [5, 5.41) is 30.0. The number of carbonyl (C=O) groups is 2. The molecule has 2 N–H and O–H groups in total. The summed E-state index contributed by atoms with van der Waals surface area (Å²) in [4.78, 5) is 24.5. The summed E-state index contributed by atoms with van der Waals surface area (Å²) < 4.78 is 9.11. The molecule has 12 nitrogen and oxygen atoms in total. The molecule has 0 spiro atoms. The molecule has 0 atom stereocenters. The molecule has 0 radical (unpaired) electrons. The molecule has 0 saturated carbocycles. The maximum atomic E-state index is 9.99. The van der Waals surface area contributed by atoms with E-state index in [9.17, 15) is 14.8 Å². The second-order valence-corrected chi connectivity index (χ2v) is 4.51. The van der Waals surface area contributed by atoms with Gasteiger partial charge in [0.15, 0.2) is 0 Å². The zero-order valence-electron chi connectivity index (χ0n) is 18.3. The van der Waals surface area contributed by atoms with Crippen LogP contribution in [0.3, 0.4) is 0 Å². The van der Waals surface area contributed by atoms with Crippen LogP contribution in [0.2, 0.25) is 0 Å². The largest absolute Gasteiger partial charge is 1.00 e. The Kier molecular flexibility index (Phi) is 37.7. The van der Waals surface area contributed by atoms with E-state index >= 15 is 0 Å². The van der Waals surface area contributed by atoms with Crippen molar-refractivity contribution in [3.8, 4) is 11.5 Å². The van der Waals surface area contributed by atoms with Gasteiger partial charge in [-0.2, -0.15) is 5.11 Å². The normalized spacial score (nSPS) is 8.45. The average Bonchev–Trinajstić information content (AvgIpc) is 2.73. The maximum absolute atomic E-state index is 9.99. The van der Waals surface area contributed by atoms with Crippen molar-refractivity contribution < 1.29 is 93.6 Å². The summed E-state index contributed by atoms with van der Waals surface area (Å²) in [5.41, 5.74) is 1.06. The van der Waals surface area contributed by atoms with Gasteiger partial charge in [0.2, 0.25) is 0 Å². The van der Waals surface area contributed by atoms with Gasteiger partial charge in [-0.05, 0) is 62.4 Å². The third-order valence-electron chi connectivity index (χ3n) is 2.54. The van der Waals surface area contributed by atoms with Crippen LogP contribution in [0.4, 0.5) is 11.4 Å². The molecule has 0 fully saturated rings. The number of benzene rings is 2. The number of aliphatic hydroxyl groups is 1. The van der Waals surface area contributed by atoms with Gasteiger partial charge in [-0.3, -0.25) is 9.59 Å². The van der Waals surface area contributed by atoms with Crippen LogP contribution in [0.15, 0.2) is 69.3 Å². The van der Waals surface area contributed by atoms with E-state index in [1.165, 1.54) is 24.3 Å². The van der Waals surface area contributed by atoms with E-state index in [2.05, 4.69) is 35.1 Å². The fraction of sp³-hybridized carbons (Fsp3) is 0.263. The molecular weight excluding hydrogens is 458 g/mol. The van der Waals surface area contributed by atoms with Gasteiger partial charge >= 0.3 is 59.1 Å². The monoisotopic (exact) mass is 484 g/mol. The molecule has 0 saturated heterocycles. The van der Waals surface area contributed by atoms with E-state index in [4.69, 9.17) is 5.11 Å². The van der Waals surface area contributed by atoms with Crippen LogP contribution in [0.5, 0.6) is 11.5 Å². The molecule has 2 rings (SSSR count). The van der Waals surface area contributed by atoms with Crippen molar-refractivity contribution in [2.24, 2.45) is 20.8 Å². The summed E-state index contributed by atoms with van der Waals surface area (Å²) in [7, 11) is 0. The first-order chi connectivity index (χ1) is 14.1. The van der Waals surface area contributed by atoms with Crippen LogP contribution in [0.25, 0.3) is 0 Å². The Bertz CT molecular complexity index is 748. The number of ether oxygens (including phenoxy) is 2. The molecule has 0 aromatic heterocycles. The van der Waals surface area contributed by atoms with Gasteiger partial charge in [0.05, 0.1) is 11.4 Å². The van der Waals surface area contributed by atoms with Crippen LogP contribution in [0, 0.1) is 5.21 Å². The molecule has 0 unspecified atom stereocenters. The fourth-order valence-corrected chi connectivity index (χ4v) is 1.47. The van der Waals surface area contributed by atoms with E-state index in [0.717, 1.165) is 0 Å². The molecule has 0 aliphatic rings. The first kappa shape index (κ1) is 41.4. The van der Waals surface area contributed by atoms with Gasteiger partial charge in [0.1, 0.15) is 18.1 Å². The van der Waals surface area contributed by atoms with Crippen molar-refractivity contribution in [1.82, 2.24) is 0 Å². The van der Waals surface area contributed by atoms with Gasteiger partial charge in [-0.1, -0.05) is 7.43 Å². The zero-order chi connectivity index (χ0) is 21.7. The Labute approximate surface area is 236 Å². The predicted octanol–water partition coefficient (Wildman–Crippen LogP) is -1.47. The summed E-state index contributed by atoms with van der Waals surface area (Å²) in [5.74, 6) is 0.866. The van der Waals surface area contributed by atoms with Gasteiger partial charge < -0.3 is 30.1 Å². The molecule has 33 heavy (non-hydrogen) atoms. The van der Waals surface area contributed by atoms with E-state index in [-0.39, 0.29) is 78.6 Å². The molecule has 172 valence electrons. The van der Waals surface area contributed by atoms with Crippen LogP contribution >= 0.6 is 0 Å². The van der Waals surface area contributed by atoms with Crippen molar-refractivity contribution in [2.75, 3.05) is 13.2 Å². The number of hydrogen-bond acceptors (Lipinski definition) is 12. The molecule has 2 aromatic carbocycles. The number of carbonyl (C=O) groups excluding carboxylic acids is 2. The Morgan fingerprint density at radius 1 is 0.848 bits per heavy atom. The standard InChI is InChI=1S/C9H10N2O3.C7H6N2O3.C2H6O.CH4.2Na.H2O/c1-2-14-11-10-8-3-5-9(6-4-8)13-7-12;10-5-12-7-3-1-6(2-4-7)8-9-11;1-2-3;;;;/h3-7H,2H2,1H3;1-5H,(H,8,11);3H,2H2,1H3;1H4;;;1H2/q;;;;2*+1;/p-2. The third kappa shape index (κ3) is 23.1. The zero-order valence-corrected chi connectivity index (χ0v) is 22.3. The minimum Gasteiger partial charge on any atom is -0.870 e. The van der Waals surface area contributed by atoms with Gasteiger partial charge in [-0.25, -0.2) is 5.28 Å². The summed E-state index contributed by atoms with van der Waals surface area (Å²) >= 11 is 0. The summed E-state index contributed by atoms with van der Waals surface area (Å²) in [6, 6.07) is 12.6. The fourth-order valence-electron chi connectivity index (χ4n) is 1.47. The Morgan fingerprint density at radius 3 is 1.52 bits per heavy atom. The van der Waals surface area contributed by atoms with Gasteiger partial charge in [0.25, 0.3) is 12.9 Å². The number of hydrogen-bond donors (Lipinski definition) is 1. The maximum Gasteiger partial charge on any atom is 1.00 e. The molecular formula is C19H26N4Na2O8. The van der Waals surface area contributed by atoms with Crippen LogP contribution < -0.4 is 68.6 Å². The van der Waals surface area contributed by atoms with Crippen molar-refractivity contribution in [2.45, 2.75) is 21.3 Å². The molecule has 0 bridgehead atoms.